The number of aromatic nitrogens is 1. The maximum absolute atomic E-state index is 13.2. The second-order valence-electron chi connectivity index (χ2n) is 9.12. The first-order chi connectivity index (χ1) is 16.4. The van der Waals surface area contributed by atoms with E-state index in [1.807, 2.05) is 34.9 Å². The molecule has 0 atom stereocenters. The first-order valence-corrected chi connectivity index (χ1v) is 13.4. The molecule has 7 nitrogen and oxygen atoms in total. The van der Waals surface area contributed by atoms with Gasteiger partial charge in [0, 0.05) is 38.1 Å². The molecule has 0 spiro atoms. The zero-order valence-electron chi connectivity index (χ0n) is 20.0. The Morgan fingerprint density at radius 3 is 2.44 bits per heavy atom. The van der Waals surface area contributed by atoms with Crippen LogP contribution in [0.5, 0.6) is 0 Å². The van der Waals surface area contributed by atoms with E-state index in [0.717, 1.165) is 42.5 Å². The fourth-order valence-corrected chi connectivity index (χ4v) is 5.46. The molecule has 1 fully saturated rings. The fourth-order valence-electron chi connectivity index (χ4n) is 4.52. The third kappa shape index (κ3) is 5.51. The van der Waals surface area contributed by atoms with Crippen LogP contribution in [0.4, 0.5) is 0 Å². The highest BCUT2D eigenvalue weighted by atomic mass is 32.2. The molecule has 2 heterocycles. The van der Waals surface area contributed by atoms with E-state index < -0.39 is 10.0 Å². The Balaban J connectivity index is 1.57. The van der Waals surface area contributed by atoms with Crippen LogP contribution in [0.25, 0.3) is 10.9 Å². The Hall–Kier alpha value is -2.68. The number of hydrogen-bond donors (Lipinski definition) is 1. The van der Waals surface area contributed by atoms with Crippen molar-refractivity contribution < 1.29 is 13.2 Å². The van der Waals surface area contributed by atoms with Crippen LogP contribution in [-0.2, 0) is 16.6 Å². The molecular formula is C26H34N4O3S. The molecule has 1 aliphatic rings. The van der Waals surface area contributed by atoms with E-state index in [1.54, 1.807) is 24.3 Å². The van der Waals surface area contributed by atoms with Crippen LogP contribution >= 0.6 is 0 Å². The van der Waals surface area contributed by atoms with E-state index in [1.165, 1.54) is 37.7 Å². The van der Waals surface area contributed by atoms with Gasteiger partial charge in [0.2, 0.25) is 10.0 Å². The summed E-state index contributed by atoms with van der Waals surface area (Å²) in [5.41, 5.74) is 2.44. The lowest BCUT2D eigenvalue weighted by atomic mass is 10.1. The second-order valence-corrected chi connectivity index (χ2v) is 11.3. The van der Waals surface area contributed by atoms with Crippen molar-refractivity contribution in [3.63, 3.8) is 0 Å². The molecular weight excluding hydrogens is 448 g/mol. The standard InChI is InChI=1S/C26H34N4O3S/c1-28(2)34(32,33)23-12-13-24-22(18-23)19-25(30(24)20-21-10-5-3-6-11-21)26(31)27-14-9-17-29-15-7-4-8-16-29/h3,5-6,10-13,18-19H,4,7-9,14-17,20H2,1-2H3,(H,27,31). The SMILES string of the molecule is CN(C)S(=O)(=O)c1ccc2c(c1)cc(C(=O)NCCCN1CCCCC1)n2Cc1ccccc1. The minimum atomic E-state index is -3.56. The number of nitrogens with one attached hydrogen (secondary N) is 1. The summed E-state index contributed by atoms with van der Waals surface area (Å²) in [7, 11) is -0.527. The van der Waals surface area contributed by atoms with Crippen LogP contribution in [0.15, 0.2) is 59.5 Å². The molecule has 0 bridgehead atoms. The van der Waals surface area contributed by atoms with E-state index in [4.69, 9.17) is 0 Å². The first-order valence-electron chi connectivity index (χ1n) is 12.0. The lowest BCUT2D eigenvalue weighted by molar-refractivity contribution is 0.0942. The number of hydrogen-bond acceptors (Lipinski definition) is 4. The number of carbonyl (C=O) groups excluding carboxylic acids is 1. The first kappa shape index (κ1) is 24.4. The average Bonchev–Trinajstić information content (AvgIpc) is 3.20. The largest absolute Gasteiger partial charge is 0.351 e. The topological polar surface area (TPSA) is 74.7 Å². The highest BCUT2D eigenvalue weighted by Gasteiger charge is 2.21. The number of carbonyl (C=O) groups is 1. The van der Waals surface area contributed by atoms with E-state index in [2.05, 4.69) is 10.2 Å². The third-order valence-corrected chi connectivity index (χ3v) is 8.26. The van der Waals surface area contributed by atoms with Crippen molar-refractivity contribution in [3.05, 3.63) is 65.9 Å². The molecule has 8 heteroatoms. The molecule has 3 aromatic rings. The number of amides is 1. The maximum atomic E-state index is 13.2. The average molecular weight is 483 g/mol. The minimum Gasteiger partial charge on any atom is -0.351 e. The smallest absolute Gasteiger partial charge is 0.267 e. The quantitative estimate of drug-likeness (QED) is 0.474. The number of sulfonamides is 1. The van der Waals surface area contributed by atoms with Gasteiger partial charge in [-0.1, -0.05) is 36.8 Å². The summed E-state index contributed by atoms with van der Waals surface area (Å²) in [5.74, 6) is -0.136. The van der Waals surface area contributed by atoms with Crippen LogP contribution in [0.1, 0.15) is 41.7 Å². The number of nitrogens with zero attached hydrogens (tertiary/aromatic N) is 3. The summed E-state index contributed by atoms with van der Waals surface area (Å²) in [6.45, 7) is 4.44. The Morgan fingerprint density at radius 2 is 1.74 bits per heavy atom. The zero-order valence-corrected chi connectivity index (χ0v) is 20.9. The molecule has 0 unspecified atom stereocenters. The Bertz CT molecular complexity index is 1230. The van der Waals surface area contributed by atoms with Gasteiger partial charge in [0.05, 0.1) is 4.90 Å². The molecule has 4 rings (SSSR count). The Kier molecular flexibility index (Phi) is 7.70. The molecule has 1 saturated heterocycles. The molecule has 182 valence electrons. The summed E-state index contributed by atoms with van der Waals surface area (Å²) in [5, 5.41) is 3.81. The van der Waals surface area contributed by atoms with Crippen molar-refractivity contribution in [1.29, 1.82) is 0 Å². The summed E-state index contributed by atoms with van der Waals surface area (Å²) in [6.07, 6.45) is 4.75. The zero-order chi connectivity index (χ0) is 24.1. The Morgan fingerprint density at radius 1 is 1.00 bits per heavy atom. The summed E-state index contributed by atoms with van der Waals surface area (Å²) >= 11 is 0. The van der Waals surface area contributed by atoms with Crippen LogP contribution in [0.2, 0.25) is 0 Å². The molecule has 1 N–H and O–H groups in total. The van der Waals surface area contributed by atoms with Gasteiger partial charge in [-0.2, -0.15) is 0 Å². The van der Waals surface area contributed by atoms with Gasteiger partial charge in [-0.05, 0) is 68.7 Å². The van der Waals surface area contributed by atoms with E-state index >= 15 is 0 Å². The fraction of sp³-hybridized carbons (Fsp3) is 0.423. The summed E-state index contributed by atoms with van der Waals surface area (Å²) in [4.78, 5) is 15.9. The van der Waals surface area contributed by atoms with Gasteiger partial charge in [0.1, 0.15) is 5.69 Å². The van der Waals surface area contributed by atoms with E-state index in [-0.39, 0.29) is 10.8 Å². The van der Waals surface area contributed by atoms with Crippen molar-refractivity contribution >= 4 is 26.8 Å². The molecule has 1 aliphatic heterocycles. The van der Waals surface area contributed by atoms with Crippen molar-refractivity contribution in [2.75, 3.05) is 40.3 Å². The predicted molar refractivity (Wildman–Crippen MR) is 136 cm³/mol. The molecule has 1 aromatic heterocycles. The number of rotatable bonds is 9. The Labute approximate surface area is 202 Å². The minimum absolute atomic E-state index is 0.136. The van der Waals surface area contributed by atoms with Crippen molar-refractivity contribution in [3.8, 4) is 0 Å². The van der Waals surface area contributed by atoms with Crippen LogP contribution in [0, 0.1) is 0 Å². The number of piperidine rings is 1. The van der Waals surface area contributed by atoms with Crippen LogP contribution in [0.3, 0.4) is 0 Å². The highest BCUT2D eigenvalue weighted by molar-refractivity contribution is 7.89. The van der Waals surface area contributed by atoms with Crippen LogP contribution in [-0.4, -0.2) is 68.4 Å². The third-order valence-electron chi connectivity index (χ3n) is 6.45. The second kappa shape index (κ2) is 10.7. The summed E-state index contributed by atoms with van der Waals surface area (Å²) < 4.78 is 28.4. The van der Waals surface area contributed by atoms with Crippen molar-refractivity contribution in [1.82, 2.24) is 19.1 Å². The van der Waals surface area contributed by atoms with Gasteiger partial charge in [0.25, 0.3) is 5.91 Å². The maximum Gasteiger partial charge on any atom is 0.267 e. The number of fused-ring (bicyclic) bond motifs is 1. The normalized spacial score (nSPS) is 15.1. The lowest BCUT2D eigenvalue weighted by Gasteiger charge is -2.26. The van der Waals surface area contributed by atoms with Gasteiger partial charge in [0.15, 0.2) is 0 Å². The summed E-state index contributed by atoms with van der Waals surface area (Å²) in [6, 6.07) is 16.8. The van der Waals surface area contributed by atoms with E-state index in [0.29, 0.717) is 18.8 Å². The molecule has 34 heavy (non-hydrogen) atoms. The van der Waals surface area contributed by atoms with Crippen molar-refractivity contribution in [2.45, 2.75) is 37.1 Å². The molecule has 0 saturated carbocycles. The predicted octanol–water partition coefficient (Wildman–Crippen LogP) is 3.55. The lowest BCUT2D eigenvalue weighted by Crippen LogP contribution is -2.33. The van der Waals surface area contributed by atoms with Gasteiger partial charge in [-0.3, -0.25) is 4.79 Å². The van der Waals surface area contributed by atoms with E-state index in [9.17, 15) is 13.2 Å². The molecule has 2 aromatic carbocycles. The molecule has 1 amide bonds. The van der Waals surface area contributed by atoms with Gasteiger partial charge < -0.3 is 14.8 Å². The monoisotopic (exact) mass is 482 g/mol. The van der Waals surface area contributed by atoms with Crippen LogP contribution < -0.4 is 5.32 Å². The van der Waals surface area contributed by atoms with Gasteiger partial charge in [-0.25, -0.2) is 12.7 Å². The van der Waals surface area contributed by atoms with Gasteiger partial charge >= 0.3 is 0 Å². The highest BCUT2D eigenvalue weighted by Crippen LogP contribution is 2.26. The van der Waals surface area contributed by atoms with Crippen molar-refractivity contribution in [2.24, 2.45) is 0 Å². The number of benzene rings is 2. The molecule has 0 radical (unpaired) electrons. The van der Waals surface area contributed by atoms with Gasteiger partial charge in [-0.15, -0.1) is 0 Å². The number of likely N-dealkylation sites (tertiary alicyclic amines) is 1. The molecule has 0 aliphatic carbocycles.